The van der Waals surface area contributed by atoms with Gasteiger partial charge in [-0.25, -0.2) is 4.98 Å². The number of carbonyl (C=O) groups excluding carboxylic acids is 1. The Hall–Kier alpha value is -1.56. The number of hydrogen-bond acceptors (Lipinski definition) is 3. The number of aromatic amines is 1. The van der Waals surface area contributed by atoms with E-state index >= 15 is 0 Å². The standard InChI is InChI=1S/C18H22N4O.2ClH/c23-18(16-11-12-4-1-2-7-15(12)22-16)21-14-6-3-5-13(10-14)17-19-8-9-20-17;;/h3,5-6,8-10,12,15-16,22H,1-2,4,7,11H2,(H,19,20)(H,21,23);2*1H. The van der Waals surface area contributed by atoms with Crippen LogP contribution in [-0.2, 0) is 4.79 Å². The van der Waals surface area contributed by atoms with E-state index in [4.69, 9.17) is 0 Å². The van der Waals surface area contributed by atoms with Crippen LogP contribution in [0, 0.1) is 5.92 Å². The predicted molar refractivity (Wildman–Crippen MR) is 104 cm³/mol. The summed E-state index contributed by atoms with van der Waals surface area (Å²) in [5, 5.41) is 6.58. The van der Waals surface area contributed by atoms with Crippen LogP contribution in [0.1, 0.15) is 32.1 Å². The highest BCUT2D eigenvalue weighted by atomic mass is 35.5. The molecule has 25 heavy (non-hydrogen) atoms. The van der Waals surface area contributed by atoms with Crippen LogP contribution in [0.4, 0.5) is 5.69 Å². The fourth-order valence-electron chi connectivity index (χ4n) is 3.92. The average Bonchev–Trinajstić information content (AvgIpc) is 3.24. The summed E-state index contributed by atoms with van der Waals surface area (Å²) in [6, 6.07) is 8.28. The molecule has 3 atom stereocenters. The Morgan fingerprint density at radius 3 is 2.80 bits per heavy atom. The van der Waals surface area contributed by atoms with Gasteiger partial charge in [-0.2, -0.15) is 0 Å². The lowest BCUT2D eigenvalue weighted by Gasteiger charge is -2.24. The number of halogens is 2. The Balaban J connectivity index is 0.00000113. The molecule has 2 aromatic rings. The van der Waals surface area contributed by atoms with Crippen LogP contribution in [0.2, 0.25) is 0 Å². The number of imidazole rings is 1. The van der Waals surface area contributed by atoms with Gasteiger partial charge < -0.3 is 15.6 Å². The second kappa shape index (κ2) is 8.70. The van der Waals surface area contributed by atoms with Crippen LogP contribution in [0.5, 0.6) is 0 Å². The molecular formula is C18H24Cl2N4O. The number of fused-ring (bicyclic) bond motifs is 1. The lowest BCUT2D eigenvalue weighted by molar-refractivity contribution is -0.117. The van der Waals surface area contributed by atoms with Gasteiger partial charge >= 0.3 is 0 Å². The zero-order valence-electron chi connectivity index (χ0n) is 13.9. The number of aromatic nitrogens is 2. The largest absolute Gasteiger partial charge is 0.345 e. The summed E-state index contributed by atoms with van der Waals surface area (Å²) in [6.45, 7) is 0. The second-order valence-electron chi connectivity index (χ2n) is 6.61. The van der Waals surface area contributed by atoms with Crippen molar-refractivity contribution in [1.82, 2.24) is 15.3 Å². The van der Waals surface area contributed by atoms with Crippen LogP contribution >= 0.6 is 24.8 Å². The smallest absolute Gasteiger partial charge is 0.241 e. The van der Waals surface area contributed by atoms with E-state index in [0.29, 0.717) is 12.0 Å². The molecule has 2 aliphatic rings. The van der Waals surface area contributed by atoms with Crippen molar-refractivity contribution < 1.29 is 4.79 Å². The lowest BCUT2D eigenvalue weighted by atomic mass is 9.85. The van der Waals surface area contributed by atoms with Gasteiger partial charge in [0.15, 0.2) is 0 Å². The molecule has 5 nitrogen and oxygen atoms in total. The second-order valence-corrected chi connectivity index (χ2v) is 6.61. The molecule has 136 valence electrons. The number of hydrogen-bond donors (Lipinski definition) is 3. The summed E-state index contributed by atoms with van der Waals surface area (Å²) in [5.41, 5.74) is 1.79. The van der Waals surface area contributed by atoms with Gasteiger partial charge in [-0.15, -0.1) is 24.8 Å². The van der Waals surface area contributed by atoms with Crippen LogP contribution < -0.4 is 10.6 Å². The molecule has 1 aromatic carbocycles. The zero-order valence-corrected chi connectivity index (χ0v) is 15.5. The summed E-state index contributed by atoms with van der Waals surface area (Å²) in [7, 11) is 0. The number of anilines is 1. The first-order chi connectivity index (χ1) is 11.3. The summed E-state index contributed by atoms with van der Waals surface area (Å²) in [6.07, 6.45) is 9.55. The Kier molecular flexibility index (Phi) is 6.87. The molecule has 0 radical (unpaired) electrons. The van der Waals surface area contributed by atoms with Crippen molar-refractivity contribution in [3.8, 4) is 11.4 Å². The van der Waals surface area contributed by atoms with Gasteiger partial charge in [-0.3, -0.25) is 4.79 Å². The highest BCUT2D eigenvalue weighted by Gasteiger charge is 2.38. The van der Waals surface area contributed by atoms with E-state index in [0.717, 1.165) is 23.5 Å². The fourth-order valence-corrected chi connectivity index (χ4v) is 3.92. The van der Waals surface area contributed by atoms with E-state index in [1.54, 1.807) is 12.4 Å². The van der Waals surface area contributed by atoms with Gasteiger partial charge in [0.25, 0.3) is 0 Å². The van der Waals surface area contributed by atoms with Crippen LogP contribution in [0.3, 0.4) is 0 Å². The minimum atomic E-state index is -0.0598. The van der Waals surface area contributed by atoms with Gasteiger partial charge in [0, 0.05) is 29.7 Å². The highest BCUT2D eigenvalue weighted by Crippen LogP contribution is 2.33. The normalized spacial score (nSPS) is 24.6. The lowest BCUT2D eigenvalue weighted by Crippen LogP contribution is -2.39. The first-order valence-corrected chi connectivity index (χ1v) is 8.46. The maximum Gasteiger partial charge on any atom is 0.241 e. The van der Waals surface area contributed by atoms with E-state index in [1.807, 2.05) is 24.3 Å². The maximum absolute atomic E-state index is 12.6. The van der Waals surface area contributed by atoms with E-state index in [-0.39, 0.29) is 36.8 Å². The topological polar surface area (TPSA) is 69.8 Å². The number of nitrogens with one attached hydrogen (secondary N) is 3. The van der Waals surface area contributed by atoms with Crippen molar-refractivity contribution in [2.45, 2.75) is 44.2 Å². The number of carbonyl (C=O) groups is 1. The third-order valence-corrected chi connectivity index (χ3v) is 5.08. The number of H-pyrrole nitrogens is 1. The first kappa shape index (κ1) is 19.8. The van der Waals surface area contributed by atoms with E-state index in [9.17, 15) is 4.79 Å². The Bertz CT molecular complexity index is 678. The molecule has 0 spiro atoms. The Morgan fingerprint density at radius 1 is 1.20 bits per heavy atom. The molecule has 2 fully saturated rings. The van der Waals surface area contributed by atoms with Gasteiger partial charge in [0.2, 0.25) is 5.91 Å². The van der Waals surface area contributed by atoms with E-state index < -0.39 is 0 Å². The Labute approximate surface area is 160 Å². The van der Waals surface area contributed by atoms with E-state index in [2.05, 4.69) is 20.6 Å². The van der Waals surface area contributed by atoms with Crippen molar-refractivity contribution in [3.63, 3.8) is 0 Å². The van der Waals surface area contributed by atoms with Gasteiger partial charge in [-0.05, 0) is 37.3 Å². The summed E-state index contributed by atoms with van der Waals surface area (Å²) in [4.78, 5) is 19.9. The quantitative estimate of drug-likeness (QED) is 0.756. The molecule has 4 rings (SSSR count). The van der Waals surface area contributed by atoms with Gasteiger partial charge in [0.1, 0.15) is 5.82 Å². The van der Waals surface area contributed by atoms with Crippen molar-refractivity contribution in [2.24, 2.45) is 5.92 Å². The number of rotatable bonds is 3. The summed E-state index contributed by atoms with van der Waals surface area (Å²) < 4.78 is 0. The molecule has 1 aliphatic carbocycles. The molecule has 1 aromatic heterocycles. The molecule has 1 saturated heterocycles. The fraction of sp³-hybridized carbons (Fsp3) is 0.444. The number of amides is 1. The SMILES string of the molecule is Cl.Cl.O=C(Nc1cccc(-c2ncc[nH]2)c1)C1CC2CCCCC2N1. The predicted octanol–water partition coefficient (Wildman–Crippen LogP) is 3.78. The molecule has 1 aliphatic heterocycles. The van der Waals surface area contributed by atoms with Crippen molar-refractivity contribution >= 4 is 36.4 Å². The van der Waals surface area contributed by atoms with Crippen molar-refractivity contribution in [1.29, 1.82) is 0 Å². The first-order valence-electron chi connectivity index (χ1n) is 8.46. The molecule has 3 N–H and O–H groups in total. The minimum Gasteiger partial charge on any atom is -0.345 e. The van der Waals surface area contributed by atoms with Crippen LogP contribution in [-0.4, -0.2) is 28.0 Å². The van der Waals surface area contributed by atoms with Crippen LogP contribution in [0.15, 0.2) is 36.7 Å². The molecule has 3 unspecified atom stereocenters. The maximum atomic E-state index is 12.6. The monoisotopic (exact) mass is 382 g/mol. The summed E-state index contributed by atoms with van der Waals surface area (Å²) in [5.74, 6) is 1.57. The van der Waals surface area contributed by atoms with Crippen molar-refractivity contribution in [3.05, 3.63) is 36.7 Å². The number of benzene rings is 1. The van der Waals surface area contributed by atoms with Crippen LogP contribution in [0.25, 0.3) is 11.4 Å². The van der Waals surface area contributed by atoms with E-state index in [1.165, 1.54) is 25.7 Å². The molecule has 2 heterocycles. The molecule has 1 amide bonds. The third kappa shape index (κ3) is 4.35. The number of nitrogens with zero attached hydrogens (tertiary/aromatic N) is 1. The summed E-state index contributed by atoms with van der Waals surface area (Å²) >= 11 is 0. The molecule has 7 heteroatoms. The molecular weight excluding hydrogens is 359 g/mol. The molecule has 0 bridgehead atoms. The highest BCUT2D eigenvalue weighted by molar-refractivity contribution is 5.95. The van der Waals surface area contributed by atoms with Crippen molar-refractivity contribution in [2.75, 3.05) is 5.32 Å². The average molecular weight is 383 g/mol. The van der Waals surface area contributed by atoms with Gasteiger partial charge in [-0.1, -0.05) is 25.0 Å². The van der Waals surface area contributed by atoms with Gasteiger partial charge in [0.05, 0.1) is 6.04 Å². The zero-order chi connectivity index (χ0) is 15.6. The molecule has 1 saturated carbocycles. The third-order valence-electron chi connectivity index (χ3n) is 5.08. The minimum absolute atomic E-state index is 0. The Morgan fingerprint density at radius 2 is 2.04 bits per heavy atom.